The molecule has 0 bridgehead atoms. The topological polar surface area (TPSA) is 21.3 Å². The Hall–Kier alpha value is -2.22. The number of para-hydroxylation sites is 1. The fourth-order valence-corrected chi connectivity index (χ4v) is 3.31. The number of benzene rings is 1. The third-order valence-electron chi connectivity index (χ3n) is 4.41. The van der Waals surface area contributed by atoms with Gasteiger partial charge in [0.1, 0.15) is 11.5 Å². The fraction of sp³-hybridized carbons (Fsp3) is 0.263. The molecule has 1 aromatic carbocycles. The molecule has 1 N–H and O–H groups in total. The van der Waals surface area contributed by atoms with Gasteiger partial charge in [-0.3, -0.25) is 0 Å². The Balaban J connectivity index is 1.68. The Morgan fingerprint density at radius 3 is 2.67 bits per heavy atom. The summed E-state index contributed by atoms with van der Waals surface area (Å²) in [4.78, 5) is 0. The molecule has 21 heavy (non-hydrogen) atoms. The van der Waals surface area contributed by atoms with Gasteiger partial charge in [0, 0.05) is 17.2 Å². The van der Waals surface area contributed by atoms with E-state index in [9.17, 15) is 0 Å². The van der Waals surface area contributed by atoms with E-state index in [2.05, 4.69) is 48.7 Å². The minimum Gasteiger partial charge on any atom is -0.463 e. The normalized spacial score (nSPS) is 26.5. The van der Waals surface area contributed by atoms with Gasteiger partial charge in [-0.15, -0.1) is 0 Å². The molecule has 0 fully saturated rings. The Morgan fingerprint density at radius 2 is 1.81 bits per heavy atom. The highest BCUT2D eigenvalue weighted by atomic mass is 16.5. The van der Waals surface area contributed by atoms with Crippen LogP contribution in [0.2, 0.25) is 0 Å². The maximum absolute atomic E-state index is 6.26. The van der Waals surface area contributed by atoms with Gasteiger partial charge >= 0.3 is 0 Å². The predicted octanol–water partition coefficient (Wildman–Crippen LogP) is 4.77. The van der Waals surface area contributed by atoms with Crippen molar-refractivity contribution in [1.29, 1.82) is 0 Å². The first kappa shape index (κ1) is 12.5. The highest BCUT2D eigenvalue weighted by molar-refractivity contribution is 5.55. The minimum atomic E-state index is 0.384. The Labute approximate surface area is 125 Å². The van der Waals surface area contributed by atoms with Gasteiger partial charge in [0.15, 0.2) is 0 Å². The molecule has 2 aliphatic carbocycles. The second-order valence-electron chi connectivity index (χ2n) is 5.92. The van der Waals surface area contributed by atoms with Crippen molar-refractivity contribution in [3.63, 3.8) is 0 Å². The number of anilines is 1. The molecule has 2 unspecified atom stereocenters. The van der Waals surface area contributed by atoms with Crippen LogP contribution in [0.1, 0.15) is 19.8 Å². The van der Waals surface area contributed by atoms with Crippen LogP contribution in [0.4, 0.5) is 5.69 Å². The Kier molecular flexibility index (Phi) is 2.95. The number of hydrogen-bond acceptors (Lipinski definition) is 2. The quantitative estimate of drug-likeness (QED) is 0.841. The van der Waals surface area contributed by atoms with Gasteiger partial charge in [-0.1, -0.05) is 43.4 Å². The third kappa shape index (κ3) is 2.11. The molecule has 0 aromatic heterocycles. The van der Waals surface area contributed by atoms with Gasteiger partial charge in [-0.05, 0) is 31.1 Å². The SMILES string of the molecule is CC1CC=CC2=C1OC1=C(Nc3ccccc3)C=CCC21. The number of nitrogens with one attached hydrogen (secondary N) is 1. The molecule has 2 atom stereocenters. The Bertz CT molecular complexity index is 679. The smallest absolute Gasteiger partial charge is 0.135 e. The van der Waals surface area contributed by atoms with Crippen molar-refractivity contribution in [1.82, 2.24) is 0 Å². The number of hydrogen-bond donors (Lipinski definition) is 1. The molecular weight excluding hydrogens is 258 g/mol. The van der Waals surface area contributed by atoms with Crippen LogP contribution in [0.5, 0.6) is 0 Å². The van der Waals surface area contributed by atoms with E-state index in [1.807, 2.05) is 18.2 Å². The highest BCUT2D eigenvalue weighted by Gasteiger charge is 2.36. The van der Waals surface area contributed by atoms with Crippen LogP contribution >= 0.6 is 0 Å². The van der Waals surface area contributed by atoms with Crippen molar-refractivity contribution >= 4 is 5.69 Å². The number of rotatable bonds is 2. The lowest BCUT2D eigenvalue weighted by molar-refractivity contribution is 0.261. The first-order chi connectivity index (χ1) is 10.3. The third-order valence-corrected chi connectivity index (χ3v) is 4.41. The van der Waals surface area contributed by atoms with E-state index >= 15 is 0 Å². The minimum absolute atomic E-state index is 0.384. The molecule has 4 rings (SSSR count). The van der Waals surface area contributed by atoms with Gasteiger partial charge in [0.05, 0.1) is 11.6 Å². The molecule has 0 radical (unpaired) electrons. The van der Waals surface area contributed by atoms with Gasteiger partial charge in [-0.25, -0.2) is 0 Å². The lowest BCUT2D eigenvalue weighted by Gasteiger charge is -2.19. The summed E-state index contributed by atoms with van der Waals surface area (Å²) in [6.07, 6.45) is 11.0. The molecule has 1 aliphatic heterocycles. The molecule has 3 aliphatic rings. The van der Waals surface area contributed by atoms with Crippen molar-refractivity contribution in [3.8, 4) is 0 Å². The predicted molar refractivity (Wildman–Crippen MR) is 85.4 cm³/mol. The van der Waals surface area contributed by atoms with Crippen molar-refractivity contribution in [2.75, 3.05) is 5.32 Å². The van der Waals surface area contributed by atoms with Crippen LogP contribution in [0.15, 0.2) is 77.4 Å². The standard InChI is InChI=1S/C19H19NO/c1-13-7-5-10-15-16-11-6-12-17(19(16)21-18(13)15)20-14-8-3-2-4-9-14/h2-6,8-10,12-13,16,20H,7,11H2,1H3. The molecule has 1 aromatic rings. The van der Waals surface area contributed by atoms with Crippen LogP contribution in [-0.2, 0) is 4.74 Å². The van der Waals surface area contributed by atoms with Crippen molar-refractivity contribution in [2.24, 2.45) is 11.8 Å². The van der Waals surface area contributed by atoms with Gasteiger partial charge < -0.3 is 10.1 Å². The summed E-state index contributed by atoms with van der Waals surface area (Å²) in [7, 11) is 0. The van der Waals surface area contributed by atoms with Gasteiger partial charge in [0.25, 0.3) is 0 Å². The number of fused-ring (bicyclic) bond motifs is 2. The number of ether oxygens (including phenoxy) is 1. The van der Waals surface area contributed by atoms with E-state index in [-0.39, 0.29) is 0 Å². The monoisotopic (exact) mass is 277 g/mol. The summed E-state index contributed by atoms with van der Waals surface area (Å²) in [6, 6.07) is 10.3. The summed E-state index contributed by atoms with van der Waals surface area (Å²) in [6.45, 7) is 2.24. The molecule has 2 heteroatoms. The summed E-state index contributed by atoms with van der Waals surface area (Å²) in [5.41, 5.74) is 3.57. The second-order valence-corrected chi connectivity index (χ2v) is 5.92. The van der Waals surface area contributed by atoms with Crippen molar-refractivity contribution < 1.29 is 4.74 Å². The van der Waals surface area contributed by atoms with Crippen LogP contribution in [0.25, 0.3) is 0 Å². The van der Waals surface area contributed by atoms with E-state index in [1.54, 1.807) is 0 Å². The van der Waals surface area contributed by atoms with E-state index in [0.29, 0.717) is 11.8 Å². The average molecular weight is 277 g/mol. The molecule has 0 saturated heterocycles. The largest absolute Gasteiger partial charge is 0.463 e. The zero-order valence-corrected chi connectivity index (χ0v) is 12.2. The summed E-state index contributed by atoms with van der Waals surface area (Å²) in [5.74, 6) is 3.13. The van der Waals surface area contributed by atoms with E-state index in [4.69, 9.17) is 4.74 Å². The summed E-state index contributed by atoms with van der Waals surface area (Å²) >= 11 is 0. The zero-order chi connectivity index (χ0) is 14.2. The molecule has 0 amide bonds. The Morgan fingerprint density at radius 1 is 1.00 bits per heavy atom. The van der Waals surface area contributed by atoms with Crippen LogP contribution < -0.4 is 5.32 Å². The molecule has 1 heterocycles. The molecule has 0 spiro atoms. The average Bonchev–Trinajstić information content (AvgIpc) is 2.90. The maximum Gasteiger partial charge on any atom is 0.135 e. The van der Waals surface area contributed by atoms with E-state index in [0.717, 1.165) is 30.0 Å². The summed E-state index contributed by atoms with van der Waals surface area (Å²) in [5, 5.41) is 3.49. The van der Waals surface area contributed by atoms with Gasteiger partial charge in [0.2, 0.25) is 0 Å². The van der Waals surface area contributed by atoms with E-state index in [1.165, 1.54) is 11.3 Å². The first-order valence-electron chi connectivity index (χ1n) is 7.64. The highest BCUT2D eigenvalue weighted by Crippen LogP contribution is 2.46. The lowest BCUT2D eigenvalue weighted by Crippen LogP contribution is -2.11. The molecule has 2 nitrogen and oxygen atoms in total. The van der Waals surface area contributed by atoms with Crippen molar-refractivity contribution in [3.05, 3.63) is 77.4 Å². The summed E-state index contributed by atoms with van der Waals surface area (Å²) < 4.78 is 6.26. The van der Waals surface area contributed by atoms with Crippen LogP contribution in [0, 0.1) is 11.8 Å². The second kappa shape index (κ2) is 4.96. The molecular formula is C19H19NO. The van der Waals surface area contributed by atoms with E-state index < -0.39 is 0 Å². The first-order valence-corrected chi connectivity index (χ1v) is 7.64. The molecule has 0 saturated carbocycles. The fourth-order valence-electron chi connectivity index (χ4n) is 3.31. The van der Waals surface area contributed by atoms with Crippen LogP contribution in [-0.4, -0.2) is 0 Å². The maximum atomic E-state index is 6.26. The lowest BCUT2D eigenvalue weighted by atomic mass is 9.85. The number of allylic oxidation sites excluding steroid dienone is 6. The molecule has 106 valence electrons. The van der Waals surface area contributed by atoms with Crippen LogP contribution in [0.3, 0.4) is 0 Å². The zero-order valence-electron chi connectivity index (χ0n) is 12.2. The van der Waals surface area contributed by atoms with Crippen molar-refractivity contribution in [2.45, 2.75) is 19.8 Å². The van der Waals surface area contributed by atoms with Gasteiger partial charge in [-0.2, -0.15) is 0 Å².